The molecule has 0 aliphatic carbocycles. The molecule has 0 bridgehead atoms. The van der Waals surface area contributed by atoms with Crippen LogP contribution in [0.15, 0.2) is 0 Å². The van der Waals surface area contributed by atoms with Crippen molar-refractivity contribution in [2.75, 3.05) is 0 Å². The molecule has 0 radical (unpaired) electrons. The Bertz CT molecular complexity index is 180. The van der Waals surface area contributed by atoms with E-state index >= 15 is 0 Å². The highest BCUT2D eigenvalue weighted by Gasteiger charge is 2.25. The summed E-state index contributed by atoms with van der Waals surface area (Å²) in [5.41, 5.74) is 0. The number of rotatable bonds is 10. The molecule has 110 valence electrons. The third kappa shape index (κ3) is 5.33. The zero-order valence-corrected chi connectivity index (χ0v) is 14.1. The van der Waals surface area contributed by atoms with Gasteiger partial charge in [-0.05, 0) is 36.0 Å². The summed E-state index contributed by atoms with van der Waals surface area (Å²) < 4.78 is 0. The molecular formula is C18H38. The van der Waals surface area contributed by atoms with Gasteiger partial charge in [-0.3, -0.25) is 0 Å². The lowest BCUT2D eigenvalue weighted by atomic mass is 9.72. The van der Waals surface area contributed by atoms with Gasteiger partial charge in [0.25, 0.3) is 0 Å². The van der Waals surface area contributed by atoms with Crippen molar-refractivity contribution in [2.24, 2.45) is 29.6 Å². The van der Waals surface area contributed by atoms with Gasteiger partial charge >= 0.3 is 0 Å². The van der Waals surface area contributed by atoms with E-state index in [0.717, 1.165) is 29.6 Å². The van der Waals surface area contributed by atoms with Gasteiger partial charge in [-0.2, -0.15) is 0 Å². The minimum Gasteiger partial charge on any atom is -0.0651 e. The minimum absolute atomic E-state index is 0.893. The molecule has 0 heteroatoms. The lowest BCUT2D eigenvalue weighted by molar-refractivity contribution is 0.171. The average molecular weight is 255 g/mol. The van der Waals surface area contributed by atoms with Crippen LogP contribution in [0.3, 0.4) is 0 Å². The molecule has 0 rings (SSSR count). The quantitative estimate of drug-likeness (QED) is 0.415. The molecule has 0 saturated heterocycles. The molecule has 0 saturated carbocycles. The maximum atomic E-state index is 2.51. The first-order valence-corrected chi connectivity index (χ1v) is 8.55. The second-order valence-corrected chi connectivity index (χ2v) is 6.42. The van der Waals surface area contributed by atoms with E-state index in [0.29, 0.717) is 0 Å². The molecule has 0 heterocycles. The molecule has 0 amide bonds. The molecule has 0 nitrogen and oxygen atoms in total. The number of hydrogen-bond donors (Lipinski definition) is 0. The van der Waals surface area contributed by atoms with Crippen molar-refractivity contribution < 1.29 is 0 Å². The summed E-state index contributed by atoms with van der Waals surface area (Å²) in [6.45, 7) is 16.8. The predicted octanol–water partition coefficient (Wildman–Crippen LogP) is 6.55. The van der Waals surface area contributed by atoms with Crippen molar-refractivity contribution in [3.05, 3.63) is 0 Å². The van der Waals surface area contributed by atoms with Crippen molar-refractivity contribution in [3.63, 3.8) is 0 Å². The summed E-state index contributed by atoms with van der Waals surface area (Å²) in [5.74, 6) is 4.62. The van der Waals surface area contributed by atoms with E-state index in [9.17, 15) is 0 Å². The fraction of sp³-hybridized carbons (Fsp3) is 1.00. The molecule has 0 N–H and O–H groups in total. The highest BCUT2D eigenvalue weighted by Crippen LogP contribution is 2.35. The average Bonchev–Trinajstić information content (AvgIpc) is 2.39. The van der Waals surface area contributed by atoms with E-state index in [1.807, 2.05) is 0 Å². The summed E-state index contributed by atoms with van der Waals surface area (Å²) in [4.78, 5) is 0. The van der Waals surface area contributed by atoms with Gasteiger partial charge in [0.15, 0.2) is 0 Å². The van der Waals surface area contributed by atoms with Crippen LogP contribution >= 0.6 is 0 Å². The Morgan fingerprint density at radius 3 is 1.39 bits per heavy atom. The first-order valence-electron chi connectivity index (χ1n) is 8.55. The van der Waals surface area contributed by atoms with E-state index in [-0.39, 0.29) is 0 Å². The highest BCUT2D eigenvalue weighted by molar-refractivity contribution is 4.76. The molecule has 4 unspecified atom stereocenters. The molecule has 0 aromatic carbocycles. The first-order chi connectivity index (χ1) is 8.55. The molecule has 18 heavy (non-hydrogen) atoms. The topological polar surface area (TPSA) is 0 Å². The fourth-order valence-corrected chi connectivity index (χ4v) is 3.97. The molecular weight excluding hydrogens is 216 g/mol. The standard InChI is InChI=1S/C18H38/c1-8-14(6)18(12-5)15(7)13-17(11-4)16(9-2)10-3/h14-18H,8-13H2,1-7H3. The van der Waals surface area contributed by atoms with E-state index in [1.54, 1.807) is 0 Å². The zero-order valence-electron chi connectivity index (χ0n) is 14.1. The molecule has 0 spiro atoms. The van der Waals surface area contributed by atoms with Crippen LogP contribution in [-0.2, 0) is 0 Å². The Morgan fingerprint density at radius 2 is 1.06 bits per heavy atom. The van der Waals surface area contributed by atoms with Crippen LogP contribution in [-0.4, -0.2) is 0 Å². The summed E-state index contributed by atoms with van der Waals surface area (Å²) in [6.07, 6.45) is 8.24. The highest BCUT2D eigenvalue weighted by atomic mass is 14.3. The van der Waals surface area contributed by atoms with Crippen molar-refractivity contribution in [1.29, 1.82) is 0 Å². The van der Waals surface area contributed by atoms with Gasteiger partial charge in [-0.15, -0.1) is 0 Å². The van der Waals surface area contributed by atoms with Crippen LogP contribution in [0.1, 0.15) is 87.0 Å². The van der Waals surface area contributed by atoms with Crippen LogP contribution in [0, 0.1) is 29.6 Å². The molecule has 0 aromatic rings. The molecule has 0 aliphatic heterocycles. The van der Waals surface area contributed by atoms with Gasteiger partial charge < -0.3 is 0 Å². The van der Waals surface area contributed by atoms with Crippen LogP contribution in [0.2, 0.25) is 0 Å². The Labute approximate surface area is 117 Å². The van der Waals surface area contributed by atoms with Crippen LogP contribution < -0.4 is 0 Å². The van der Waals surface area contributed by atoms with Crippen LogP contribution in [0.5, 0.6) is 0 Å². The maximum absolute atomic E-state index is 2.51. The maximum Gasteiger partial charge on any atom is -0.0365 e. The van der Waals surface area contributed by atoms with Gasteiger partial charge in [0, 0.05) is 0 Å². The fourth-order valence-electron chi connectivity index (χ4n) is 3.97. The second-order valence-electron chi connectivity index (χ2n) is 6.42. The SMILES string of the molecule is CCC(C)C(CC)C(C)CC(CC)C(CC)CC. The Balaban J connectivity index is 4.52. The summed E-state index contributed by atoms with van der Waals surface area (Å²) in [5, 5.41) is 0. The molecule has 0 aromatic heterocycles. The Morgan fingerprint density at radius 1 is 0.556 bits per heavy atom. The smallest absolute Gasteiger partial charge is 0.0365 e. The Kier molecular flexibility index (Phi) is 9.87. The number of hydrogen-bond acceptors (Lipinski definition) is 0. The normalized spacial score (nSPS) is 18.7. The third-order valence-electron chi connectivity index (χ3n) is 5.49. The van der Waals surface area contributed by atoms with Crippen molar-refractivity contribution in [3.8, 4) is 0 Å². The van der Waals surface area contributed by atoms with E-state index in [4.69, 9.17) is 0 Å². The lowest BCUT2D eigenvalue weighted by Crippen LogP contribution is -2.24. The molecule has 4 atom stereocenters. The molecule has 0 aliphatic rings. The third-order valence-corrected chi connectivity index (χ3v) is 5.49. The first kappa shape index (κ1) is 18.0. The second kappa shape index (κ2) is 9.87. The van der Waals surface area contributed by atoms with Gasteiger partial charge in [0.1, 0.15) is 0 Å². The summed E-state index contributed by atoms with van der Waals surface area (Å²) >= 11 is 0. The van der Waals surface area contributed by atoms with Crippen molar-refractivity contribution >= 4 is 0 Å². The Hall–Kier alpha value is 0. The largest absolute Gasteiger partial charge is 0.0651 e. The summed E-state index contributed by atoms with van der Waals surface area (Å²) in [7, 11) is 0. The van der Waals surface area contributed by atoms with Crippen molar-refractivity contribution in [1.82, 2.24) is 0 Å². The monoisotopic (exact) mass is 254 g/mol. The van der Waals surface area contributed by atoms with Crippen LogP contribution in [0.25, 0.3) is 0 Å². The van der Waals surface area contributed by atoms with Crippen LogP contribution in [0.4, 0.5) is 0 Å². The predicted molar refractivity (Wildman–Crippen MR) is 84.9 cm³/mol. The van der Waals surface area contributed by atoms with Crippen molar-refractivity contribution in [2.45, 2.75) is 87.0 Å². The molecule has 0 fully saturated rings. The lowest BCUT2D eigenvalue weighted by Gasteiger charge is -2.33. The van der Waals surface area contributed by atoms with E-state index in [2.05, 4.69) is 48.5 Å². The minimum atomic E-state index is 0.893. The van der Waals surface area contributed by atoms with E-state index < -0.39 is 0 Å². The van der Waals surface area contributed by atoms with Gasteiger partial charge in [0.2, 0.25) is 0 Å². The van der Waals surface area contributed by atoms with Gasteiger partial charge in [-0.25, -0.2) is 0 Å². The van der Waals surface area contributed by atoms with Gasteiger partial charge in [-0.1, -0.05) is 80.6 Å². The zero-order chi connectivity index (χ0) is 14.1. The van der Waals surface area contributed by atoms with E-state index in [1.165, 1.54) is 38.5 Å². The summed E-state index contributed by atoms with van der Waals surface area (Å²) in [6, 6.07) is 0. The van der Waals surface area contributed by atoms with Gasteiger partial charge in [0.05, 0.1) is 0 Å².